The Balaban J connectivity index is 1.92. The molecule has 0 spiro atoms. The molecule has 0 bridgehead atoms. The number of carbonyl (C=O) groups excluding carboxylic acids is 2. The summed E-state index contributed by atoms with van der Waals surface area (Å²) in [7, 11) is 1.35. The molecule has 1 N–H and O–H groups in total. The molecule has 1 unspecified atom stereocenters. The van der Waals surface area contributed by atoms with Crippen LogP contribution in [-0.4, -0.2) is 36.9 Å². The molecule has 6 nitrogen and oxygen atoms in total. The van der Waals surface area contributed by atoms with E-state index >= 15 is 0 Å². The van der Waals surface area contributed by atoms with Gasteiger partial charge in [0.2, 0.25) is 0 Å². The van der Waals surface area contributed by atoms with Gasteiger partial charge >= 0.3 is 12.1 Å². The number of ether oxygens (including phenoxy) is 2. The first-order chi connectivity index (χ1) is 14.2. The van der Waals surface area contributed by atoms with Crippen LogP contribution in [0.5, 0.6) is 0 Å². The third-order valence-corrected chi connectivity index (χ3v) is 5.53. The molecular weight excluding hydrogens is 448 g/mol. The third-order valence-electron chi connectivity index (χ3n) is 5.00. The van der Waals surface area contributed by atoms with Gasteiger partial charge in [0.25, 0.3) is 0 Å². The molecule has 0 saturated heterocycles. The molecule has 0 aliphatic carbocycles. The van der Waals surface area contributed by atoms with E-state index in [9.17, 15) is 9.59 Å². The molecule has 160 valence electrons. The van der Waals surface area contributed by atoms with Gasteiger partial charge in [0.15, 0.2) is 5.54 Å². The number of fused-ring (bicyclic) bond motifs is 1. The second-order valence-corrected chi connectivity index (χ2v) is 9.24. The van der Waals surface area contributed by atoms with Crippen molar-refractivity contribution in [2.75, 3.05) is 23.9 Å². The molecule has 1 heterocycles. The van der Waals surface area contributed by atoms with E-state index in [0.717, 1.165) is 15.7 Å². The van der Waals surface area contributed by atoms with E-state index in [1.165, 1.54) is 12.0 Å². The Bertz CT molecular complexity index is 924. The number of methoxy groups -OCH3 is 1. The summed E-state index contributed by atoms with van der Waals surface area (Å²) in [5.74, 6) is -0.456. The number of carbonyl (C=O) groups is 2. The van der Waals surface area contributed by atoms with Crippen molar-refractivity contribution >= 4 is 39.4 Å². The quantitative estimate of drug-likeness (QED) is 0.606. The standard InChI is InChI=1S/C23H27BrN2O4/c1-22(2,3)30-21(28)26-19-8-6-5-7-16(19)15-23(26,20(27)29-4)13-14-25-18-11-9-17(24)10-12-18/h5-12,25H,13-15H2,1-4H3. The smallest absolute Gasteiger partial charge is 0.415 e. The van der Waals surface area contributed by atoms with E-state index in [2.05, 4.69) is 21.2 Å². The highest BCUT2D eigenvalue weighted by atomic mass is 79.9. The fourth-order valence-electron chi connectivity index (χ4n) is 3.72. The first-order valence-corrected chi connectivity index (χ1v) is 10.6. The predicted molar refractivity (Wildman–Crippen MR) is 121 cm³/mol. The zero-order valence-electron chi connectivity index (χ0n) is 17.7. The molecule has 0 aromatic heterocycles. The number of amides is 1. The molecule has 3 rings (SSSR count). The lowest BCUT2D eigenvalue weighted by molar-refractivity contribution is -0.147. The molecule has 0 fully saturated rings. The number of halogens is 1. The number of hydrogen-bond acceptors (Lipinski definition) is 5. The van der Waals surface area contributed by atoms with E-state index in [-0.39, 0.29) is 0 Å². The van der Waals surface area contributed by atoms with Crippen LogP contribution < -0.4 is 10.2 Å². The molecule has 1 aliphatic rings. The first-order valence-electron chi connectivity index (χ1n) is 9.85. The molecule has 0 saturated carbocycles. The zero-order valence-corrected chi connectivity index (χ0v) is 19.3. The lowest BCUT2D eigenvalue weighted by Gasteiger charge is -2.37. The van der Waals surface area contributed by atoms with Gasteiger partial charge in [-0.1, -0.05) is 34.1 Å². The number of nitrogens with zero attached hydrogens (tertiary/aromatic N) is 1. The second kappa shape index (κ2) is 8.68. The van der Waals surface area contributed by atoms with Crippen LogP contribution in [0.2, 0.25) is 0 Å². The molecule has 7 heteroatoms. The first kappa shape index (κ1) is 22.2. The van der Waals surface area contributed by atoms with E-state index in [1.54, 1.807) is 0 Å². The van der Waals surface area contributed by atoms with Crippen molar-refractivity contribution < 1.29 is 19.1 Å². The summed E-state index contributed by atoms with van der Waals surface area (Å²) >= 11 is 3.42. The minimum Gasteiger partial charge on any atom is -0.467 e. The highest BCUT2D eigenvalue weighted by Gasteiger charge is 2.54. The maximum absolute atomic E-state index is 13.2. The normalized spacial score (nSPS) is 18.0. The van der Waals surface area contributed by atoms with Gasteiger partial charge in [-0.3, -0.25) is 4.90 Å². The summed E-state index contributed by atoms with van der Waals surface area (Å²) in [6, 6.07) is 15.3. The Morgan fingerprint density at radius 1 is 1.13 bits per heavy atom. The average molecular weight is 475 g/mol. The van der Waals surface area contributed by atoms with Crippen molar-refractivity contribution in [3.05, 3.63) is 58.6 Å². The summed E-state index contributed by atoms with van der Waals surface area (Å²) in [4.78, 5) is 27.7. The van der Waals surface area contributed by atoms with Crippen LogP contribution in [0.15, 0.2) is 53.0 Å². The van der Waals surface area contributed by atoms with Crippen LogP contribution in [-0.2, 0) is 20.7 Å². The van der Waals surface area contributed by atoms with Crippen molar-refractivity contribution in [3.8, 4) is 0 Å². The predicted octanol–water partition coefficient (Wildman–Crippen LogP) is 5.16. The lowest BCUT2D eigenvalue weighted by atomic mass is 9.90. The summed E-state index contributed by atoms with van der Waals surface area (Å²) in [6.07, 6.45) is 0.183. The Morgan fingerprint density at radius 3 is 2.43 bits per heavy atom. The van der Waals surface area contributed by atoms with Gasteiger partial charge < -0.3 is 14.8 Å². The van der Waals surface area contributed by atoms with Crippen molar-refractivity contribution in [2.24, 2.45) is 0 Å². The molecule has 0 radical (unpaired) electrons. The highest BCUT2D eigenvalue weighted by Crippen LogP contribution is 2.42. The van der Waals surface area contributed by atoms with Gasteiger partial charge in [0.05, 0.1) is 12.8 Å². The van der Waals surface area contributed by atoms with Gasteiger partial charge in [0, 0.05) is 23.1 Å². The van der Waals surface area contributed by atoms with Gasteiger partial charge in [-0.2, -0.15) is 0 Å². The zero-order chi connectivity index (χ0) is 21.9. The molecule has 2 aromatic carbocycles. The van der Waals surface area contributed by atoms with Crippen molar-refractivity contribution in [2.45, 2.75) is 44.8 Å². The van der Waals surface area contributed by atoms with Gasteiger partial charge in [-0.25, -0.2) is 9.59 Å². The lowest BCUT2D eigenvalue weighted by Crippen LogP contribution is -2.58. The molecule has 30 heavy (non-hydrogen) atoms. The average Bonchev–Trinajstić information content (AvgIpc) is 3.03. The molecule has 1 aliphatic heterocycles. The fraction of sp³-hybridized carbons (Fsp3) is 0.391. The third kappa shape index (κ3) is 4.61. The number of benzene rings is 2. The van der Waals surface area contributed by atoms with E-state index in [0.29, 0.717) is 25.1 Å². The van der Waals surface area contributed by atoms with Crippen LogP contribution in [0, 0.1) is 0 Å². The van der Waals surface area contributed by atoms with Crippen LogP contribution >= 0.6 is 15.9 Å². The molecular formula is C23H27BrN2O4. The Labute approximate surface area is 185 Å². The van der Waals surface area contributed by atoms with Gasteiger partial charge in [0.1, 0.15) is 5.60 Å². The minimum absolute atomic E-state index is 0.365. The Morgan fingerprint density at radius 2 is 1.80 bits per heavy atom. The van der Waals surface area contributed by atoms with Crippen molar-refractivity contribution in [1.82, 2.24) is 0 Å². The topological polar surface area (TPSA) is 67.9 Å². The largest absolute Gasteiger partial charge is 0.467 e. The summed E-state index contributed by atoms with van der Waals surface area (Å²) < 4.78 is 11.8. The molecule has 1 atom stereocenters. The Hall–Kier alpha value is -2.54. The van der Waals surface area contributed by atoms with Crippen LogP contribution in [0.4, 0.5) is 16.2 Å². The summed E-state index contributed by atoms with van der Waals surface area (Å²) in [5.41, 5.74) is 0.658. The fourth-order valence-corrected chi connectivity index (χ4v) is 3.99. The van der Waals surface area contributed by atoms with E-state index < -0.39 is 23.2 Å². The maximum atomic E-state index is 13.2. The van der Waals surface area contributed by atoms with Crippen LogP contribution in [0.1, 0.15) is 32.8 Å². The number of esters is 1. The summed E-state index contributed by atoms with van der Waals surface area (Å²) in [5, 5.41) is 3.33. The van der Waals surface area contributed by atoms with Crippen molar-refractivity contribution in [3.63, 3.8) is 0 Å². The highest BCUT2D eigenvalue weighted by molar-refractivity contribution is 9.10. The number of hydrogen-bond donors (Lipinski definition) is 1. The second-order valence-electron chi connectivity index (χ2n) is 8.33. The SMILES string of the molecule is COC(=O)C1(CCNc2ccc(Br)cc2)Cc2ccccc2N1C(=O)OC(C)(C)C. The summed E-state index contributed by atoms with van der Waals surface area (Å²) in [6.45, 7) is 5.90. The van der Waals surface area contributed by atoms with Crippen LogP contribution in [0.3, 0.4) is 0 Å². The minimum atomic E-state index is -1.18. The number of rotatable bonds is 5. The monoisotopic (exact) mass is 474 g/mol. The molecule has 2 aromatic rings. The van der Waals surface area contributed by atoms with E-state index in [1.807, 2.05) is 69.3 Å². The maximum Gasteiger partial charge on any atom is 0.415 e. The van der Waals surface area contributed by atoms with Crippen LogP contribution in [0.25, 0.3) is 0 Å². The number of nitrogens with one attached hydrogen (secondary N) is 1. The number of para-hydroxylation sites is 1. The van der Waals surface area contributed by atoms with Gasteiger partial charge in [-0.15, -0.1) is 0 Å². The van der Waals surface area contributed by atoms with Crippen molar-refractivity contribution in [1.29, 1.82) is 0 Å². The molecule has 1 amide bonds. The van der Waals surface area contributed by atoms with Gasteiger partial charge in [-0.05, 0) is 63.1 Å². The van der Waals surface area contributed by atoms with E-state index in [4.69, 9.17) is 9.47 Å². The Kier molecular flexibility index (Phi) is 6.41. The number of anilines is 2.